The van der Waals surface area contributed by atoms with Gasteiger partial charge in [0.05, 0.1) is 5.56 Å². The zero-order valence-corrected chi connectivity index (χ0v) is 14.8. The quantitative estimate of drug-likeness (QED) is 0.615. The average Bonchev–Trinajstić information content (AvgIpc) is 2.67. The fourth-order valence-electron chi connectivity index (χ4n) is 4.42. The van der Waals surface area contributed by atoms with Crippen LogP contribution in [0.25, 0.3) is 11.0 Å². The van der Waals surface area contributed by atoms with Crippen molar-refractivity contribution in [2.24, 2.45) is 0 Å². The molecule has 0 spiro atoms. The van der Waals surface area contributed by atoms with Crippen molar-refractivity contribution in [3.63, 3.8) is 0 Å². The molecule has 0 saturated heterocycles. The summed E-state index contributed by atoms with van der Waals surface area (Å²) >= 11 is 0. The van der Waals surface area contributed by atoms with E-state index in [4.69, 9.17) is 9.15 Å². The van der Waals surface area contributed by atoms with Crippen molar-refractivity contribution >= 4 is 11.0 Å². The fraction of sp³-hybridized carbons (Fsp3) is 0.318. The Morgan fingerprint density at radius 3 is 2.96 bits per heavy atom. The van der Waals surface area contributed by atoms with Crippen LogP contribution in [0, 0.1) is 6.92 Å². The van der Waals surface area contributed by atoms with Gasteiger partial charge in [0, 0.05) is 24.0 Å². The molecule has 1 aliphatic heterocycles. The van der Waals surface area contributed by atoms with Crippen LogP contribution in [0.15, 0.2) is 51.7 Å². The van der Waals surface area contributed by atoms with E-state index >= 15 is 0 Å². The van der Waals surface area contributed by atoms with Gasteiger partial charge in [-0.25, -0.2) is 4.79 Å². The fourth-order valence-corrected chi connectivity index (χ4v) is 4.42. The Balaban J connectivity index is 1.58. The summed E-state index contributed by atoms with van der Waals surface area (Å²) in [4.78, 5) is 14.3. The summed E-state index contributed by atoms with van der Waals surface area (Å²) in [7, 11) is 0. The predicted octanol–water partition coefficient (Wildman–Crippen LogP) is 4.33. The van der Waals surface area contributed by atoms with Gasteiger partial charge in [-0.05, 0) is 55.0 Å². The third-order valence-corrected chi connectivity index (χ3v) is 5.70. The number of ether oxygens (including phenoxy) is 1. The second-order valence-corrected chi connectivity index (χ2v) is 7.29. The standard InChI is InChI=1S/C22H21NO3/c1-14-11-21(24)26-22-16(14)9-10-20-18(22)12-23(13-25-20)19-8-4-6-15-5-2-3-7-17(15)19/h2-3,5,7,9-11,19H,4,6,8,12-13H2,1H3/t19-/m1/s1. The first kappa shape index (κ1) is 15.6. The summed E-state index contributed by atoms with van der Waals surface area (Å²) < 4.78 is 11.6. The van der Waals surface area contributed by atoms with Crippen LogP contribution < -0.4 is 10.4 Å². The summed E-state index contributed by atoms with van der Waals surface area (Å²) in [5.41, 5.74) is 5.14. The highest BCUT2D eigenvalue weighted by Crippen LogP contribution is 2.39. The van der Waals surface area contributed by atoms with E-state index in [0.717, 1.165) is 41.6 Å². The Kier molecular flexibility index (Phi) is 3.61. The highest BCUT2D eigenvalue weighted by atomic mass is 16.5. The zero-order valence-electron chi connectivity index (χ0n) is 14.8. The molecule has 4 heteroatoms. The van der Waals surface area contributed by atoms with Gasteiger partial charge >= 0.3 is 5.63 Å². The van der Waals surface area contributed by atoms with E-state index in [1.807, 2.05) is 19.1 Å². The van der Waals surface area contributed by atoms with E-state index in [1.54, 1.807) is 6.07 Å². The van der Waals surface area contributed by atoms with Crippen molar-refractivity contribution in [2.45, 2.75) is 38.8 Å². The molecule has 0 N–H and O–H groups in total. The van der Waals surface area contributed by atoms with Crippen molar-refractivity contribution in [3.05, 3.63) is 75.1 Å². The third-order valence-electron chi connectivity index (χ3n) is 5.70. The number of nitrogens with zero attached hydrogens (tertiary/aromatic N) is 1. The number of aryl methyl sites for hydroxylation is 2. The Labute approximate surface area is 152 Å². The second-order valence-electron chi connectivity index (χ2n) is 7.29. The minimum atomic E-state index is -0.302. The van der Waals surface area contributed by atoms with Gasteiger partial charge in [-0.3, -0.25) is 4.90 Å². The Bertz CT molecular complexity index is 1050. The molecule has 0 unspecified atom stereocenters. The van der Waals surface area contributed by atoms with Crippen molar-refractivity contribution in [2.75, 3.05) is 6.73 Å². The van der Waals surface area contributed by atoms with E-state index < -0.39 is 0 Å². The van der Waals surface area contributed by atoms with Crippen LogP contribution >= 0.6 is 0 Å². The molecule has 1 aromatic heterocycles. The molecular weight excluding hydrogens is 326 g/mol. The molecular formula is C22H21NO3. The molecule has 132 valence electrons. The topological polar surface area (TPSA) is 42.7 Å². The first-order valence-electron chi connectivity index (χ1n) is 9.22. The Morgan fingerprint density at radius 2 is 2.04 bits per heavy atom. The maximum Gasteiger partial charge on any atom is 0.336 e. The van der Waals surface area contributed by atoms with Gasteiger partial charge in [0.25, 0.3) is 0 Å². The maximum atomic E-state index is 11.9. The maximum absolute atomic E-state index is 11.9. The van der Waals surface area contributed by atoms with Gasteiger partial charge in [-0.2, -0.15) is 0 Å². The largest absolute Gasteiger partial charge is 0.478 e. The molecule has 4 nitrogen and oxygen atoms in total. The van der Waals surface area contributed by atoms with Gasteiger partial charge < -0.3 is 9.15 Å². The average molecular weight is 347 g/mol. The number of hydrogen-bond acceptors (Lipinski definition) is 4. The lowest BCUT2D eigenvalue weighted by Gasteiger charge is -2.38. The molecule has 1 aliphatic carbocycles. The molecule has 26 heavy (non-hydrogen) atoms. The molecule has 0 saturated carbocycles. The second kappa shape index (κ2) is 5.99. The Morgan fingerprint density at radius 1 is 1.15 bits per heavy atom. The van der Waals surface area contributed by atoms with Crippen LogP contribution in [0.5, 0.6) is 5.75 Å². The van der Waals surface area contributed by atoms with E-state index in [1.165, 1.54) is 17.5 Å². The minimum Gasteiger partial charge on any atom is -0.478 e. The van der Waals surface area contributed by atoms with Crippen molar-refractivity contribution in [1.82, 2.24) is 4.90 Å². The summed E-state index contributed by atoms with van der Waals surface area (Å²) in [5.74, 6) is 0.826. The molecule has 3 aromatic rings. The van der Waals surface area contributed by atoms with Crippen LogP contribution in [0.2, 0.25) is 0 Å². The lowest BCUT2D eigenvalue weighted by atomic mass is 9.86. The van der Waals surface area contributed by atoms with Gasteiger partial charge in [-0.1, -0.05) is 24.3 Å². The van der Waals surface area contributed by atoms with Gasteiger partial charge in [0.2, 0.25) is 0 Å². The SMILES string of the molecule is Cc1cc(=O)oc2c3c(ccc12)OCN([C@@H]1CCCc2ccccc21)C3. The van der Waals surface area contributed by atoms with Crippen molar-refractivity contribution in [1.29, 1.82) is 0 Å². The molecule has 5 rings (SSSR count). The van der Waals surface area contributed by atoms with Crippen LogP contribution in [0.4, 0.5) is 0 Å². The van der Waals surface area contributed by atoms with Crippen LogP contribution in [0.3, 0.4) is 0 Å². The summed E-state index contributed by atoms with van der Waals surface area (Å²) in [6.07, 6.45) is 3.47. The molecule has 1 atom stereocenters. The highest BCUT2D eigenvalue weighted by Gasteiger charge is 2.30. The van der Waals surface area contributed by atoms with Crippen LogP contribution in [-0.2, 0) is 13.0 Å². The minimum absolute atomic E-state index is 0.302. The smallest absolute Gasteiger partial charge is 0.336 e. The molecule has 2 aromatic carbocycles. The highest BCUT2D eigenvalue weighted by molar-refractivity contribution is 5.85. The van der Waals surface area contributed by atoms with Crippen LogP contribution in [0.1, 0.15) is 41.1 Å². The van der Waals surface area contributed by atoms with Crippen molar-refractivity contribution < 1.29 is 9.15 Å². The molecule has 0 bridgehead atoms. The first-order valence-corrected chi connectivity index (χ1v) is 9.22. The van der Waals surface area contributed by atoms with E-state index in [0.29, 0.717) is 18.4 Å². The van der Waals surface area contributed by atoms with Crippen LogP contribution in [-0.4, -0.2) is 11.6 Å². The third kappa shape index (κ3) is 2.44. The predicted molar refractivity (Wildman–Crippen MR) is 100 cm³/mol. The van der Waals surface area contributed by atoms with Crippen molar-refractivity contribution in [3.8, 4) is 5.75 Å². The van der Waals surface area contributed by atoms with E-state index in [2.05, 4.69) is 29.2 Å². The van der Waals surface area contributed by atoms with Gasteiger partial charge in [-0.15, -0.1) is 0 Å². The van der Waals surface area contributed by atoms with E-state index in [9.17, 15) is 4.79 Å². The number of hydrogen-bond donors (Lipinski definition) is 0. The lowest BCUT2D eigenvalue weighted by molar-refractivity contribution is 0.0482. The molecule has 0 radical (unpaired) electrons. The Hall–Kier alpha value is -2.59. The summed E-state index contributed by atoms with van der Waals surface area (Å²) in [6.45, 7) is 3.25. The lowest BCUT2D eigenvalue weighted by Crippen LogP contribution is -2.37. The number of fused-ring (bicyclic) bond motifs is 4. The first-order chi connectivity index (χ1) is 12.7. The molecule has 0 fully saturated rings. The summed E-state index contributed by atoms with van der Waals surface area (Å²) in [6, 6.07) is 14.6. The monoisotopic (exact) mass is 347 g/mol. The van der Waals surface area contributed by atoms with E-state index in [-0.39, 0.29) is 5.63 Å². The zero-order chi connectivity index (χ0) is 17.7. The molecule has 0 amide bonds. The number of rotatable bonds is 1. The van der Waals surface area contributed by atoms with Gasteiger partial charge in [0.15, 0.2) is 0 Å². The number of benzene rings is 2. The molecule has 2 aliphatic rings. The normalized spacial score (nSPS) is 19.7. The van der Waals surface area contributed by atoms with Gasteiger partial charge in [0.1, 0.15) is 18.1 Å². The molecule has 2 heterocycles. The summed E-state index contributed by atoms with van der Waals surface area (Å²) in [5, 5.41) is 0.984.